The molecule has 0 saturated carbocycles. The molecule has 2 aromatic rings. The molecule has 0 aliphatic carbocycles. The number of sulfonamides is 1. The number of benzene rings is 2. The second-order valence-corrected chi connectivity index (χ2v) is 8.83. The molecule has 0 radical (unpaired) electrons. The average Bonchev–Trinajstić information content (AvgIpc) is 3.06. The van der Waals surface area contributed by atoms with Gasteiger partial charge < -0.3 is 5.32 Å². The van der Waals surface area contributed by atoms with E-state index in [1.807, 2.05) is 30.3 Å². The number of aryl methyl sites for hydroxylation is 2. The smallest absolute Gasteiger partial charge is 0.248 e. The van der Waals surface area contributed by atoms with Crippen molar-refractivity contribution in [3.63, 3.8) is 0 Å². The van der Waals surface area contributed by atoms with E-state index in [2.05, 4.69) is 19.2 Å². The van der Waals surface area contributed by atoms with Gasteiger partial charge in [-0.3, -0.25) is 9.10 Å². The lowest BCUT2D eigenvalue weighted by Crippen LogP contribution is -2.24. The van der Waals surface area contributed by atoms with Crippen LogP contribution in [0.4, 0.5) is 11.4 Å². The van der Waals surface area contributed by atoms with Crippen LogP contribution in [0.1, 0.15) is 37.0 Å². The summed E-state index contributed by atoms with van der Waals surface area (Å²) in [7, 11) is -3.18. The van der Waals surface area contributed by atoms with E-state index in [-0.39, 0.29) is 11.7 Å². The van der Waals surface area contributed by atoms with Crippen molar-refractivity contribution in [1.29, 1.82) is 0 Å². The molecular weight excluding hydrogens is 372 g/mol. The third-order valence-corrected chi connectivity index (χ3v) is 6.82. The maximum atomic E-state index is 12.4. The number of carbonyl (C=O) groups excluding carboxylic acids is 1. The first-order chi connectivity index (χ1) is 13.4. The average molecular weight is 399 g/mol. The number of rotatable bonds is 6. The van der Waals surface area contributed by atoms with Crippen molar-refractivity contribution in [3.05, 3.63) is 65.2 Å². The van der Waals surface area contributed by atoms with Gasteiger partial charge in [0.1, 0.15) is 0 Å². The van der Waals surface area contributed by atoms with Crippen molar-refractivity contribution in [2.45, 2.75) is 33.1 Å². The first kappa shape index (κ1) is 20.1. The van der Waals surface area contributed by atoms with E-state index in [4.69, 9.17) is 0 Å². The highest BCUT2D eigenvalue weighted by Gasteiger charge is 2.28. The molecule has 0 atom stereocenters. The fourth-order valence-electron chi connectivity index (χ4n) is 3.42. The van der Waals surface area contributed by atoms with Gasteiger partial charge >= 0.3 is 0 Å². The summed E-state index contributed by atoms with van der Waals surface area (Å²) in [5, 5.41) is 3.00. The highest BCUT2D eigenvalue weighted by atomic mass is 32.2. The highest BCUT2D eigenvalue weighted by Crippen LogP contribution is 2.25. The third kappa shape index (κ3) is 4.44. The Morgan fingerprint density at radius 1 is 1.07 bits per heavy atom. The summed E-state index contributed by atoms with van der Waals surface area (Å²) in [5.74, 6) is 0.0233. The lowest BCUT2D eigenvalue weighted by Gasteiger charge is -2.16. The molecule has 148 valence electrons. The second-order valence-electron chi connectivity index (χ2n) is 6.81. The van der Waals surface area contributed by atoms with Gasteiger partial charge in [-0.1, -0.05) is 44.2 Å². The fourth-order valence-corrected chi connectivity index (χ4v) is 4.99. The van der Waals surface area contributed by atoms with Crippen LogP contribution in [0.2, 0.25) is 0 Å². The van der Waals surface area contributed by atoms with Crippen LogP contribution in [-0.2, 0) is 27.7 Å². The molecule has 1 aliphatic rings. The summed E-state index contributed by atoms with van der Waals surface area (Å²) in [6.07, 6.45) is 5.61. The van der Waals surface area contributed by atoms with E-state index in [0.29, 0.717) is 18.7 Å². The van der Waals surface area contributed by atoms with Gasteiger partial charge in [0, 0.05) is 18.3 Å². The number of anilines is 2. The second kappa shape index (κ2) is 8.61. The van der Waals surface area contributed by atoms with Crippen LogP contribution < -0.4 is 9.62 Å². The van der Waals surface area contributed by atoms with E-state index in [0.717, 1.165) is 35.2 Å². The molecule has 1 saturated heterocycles. The largest absolute Gasteiger partial charge is 0.322 e. The van der Waals surface area contributed by atoms with Crippen molar-refractivity contribution >= 4 is 33.4 Å². The summed E-state index contributed by atoms with van der Waals surface area (Å²) in [4.78, 5) is 12.4. The molecule has 1 heterocycles. The summed E-state index contributed by atoms with van der Waals surface area (Å²) < 4.78 is 25.4. The van der Waals surface area contributed by atoms with Crippen LogP contribution in [0.5, 0.6) is 0 Å². The molecule has 28 heavy (non-hydrogen) atoms. The van der Waals surface area contributed by atoms with Crippen LogP contribution in [-0.4, -0.2) is 26.6 Å². The monoisotopic (exact) mass is 398 g/mol. The van der Waals surface area contributed by atoms with Crippen LogP contribution in [0.15, 0.2) is 48.5 Å². The first-order valence-corrected chi connectivity index (χ1v) is 11.3. The molecule has 1 N–H and O–H groups in total. The first-order valence-electron chi connectivity index (χ1n) is 9.65. The number of hydrogen-bond acceptors (Lipinski definition) is 3. The minimum Gasteiger partial charge on any atom is -0.322 e. The topological polar surface area (TPSA) is 66.5 Å². The molecule has 0 bridgehead atoms. The summed E-state index contributed by atoms with van der Waals surface area (Å²) >= 11 is 0. The number of carbonyl (C=O) groups is 1. The Kier molecular flexibility index (Phi) is 6.19. The Bertz CT molecular complexity index is 957. The van der Waals surface area contributed by atoms with Gasteiger partial charge in [-0.15, -0.1) is 0 Å². The maximum absolute atomic E-state index is 12.4. The van der Waals surface area contributed by atoms with Crippen molar-refractivity contribution < 1.29 is 13.2 Å². The predicted octanol–water partition coefficient (Wildman–Crippen LogP) is 4.00. The van der Waals surface area contributed by atoms with E-state index in [1.54, 1.807) is 18.2 Å². The van der Waals surface area contributed by atoms with Crippen molar-refractivity contribution in [1.82, 2.24) is 0 Å². The van der Waals surface area contributed by atoms with E-state index in [9.17, 15) is 13.2 Å². The Hall–Kier alpha value is -2.60. The normalized spacial score (nSPS) is 15.9. The lowest BCUT2D eigenvalue weighted by molar-refractivity contribution is -0.111. The number of amides is 1. The van der Waals surface area contributed by atoms with E-state index in [1.165, 1.54) is 10.4 Å². The van der Waals surface area contributed by atoms with Crippen molar-refractivity contribution in [3.8, 4) is 0 Å². The molecule has 3 rings (SSSR count). The zero-order valence-electron chi connectivity index (χ0n) is 16.3. The fraction of sp³-hybridized carbons (Fsp3) is 0.318. The molecule has 1 aliphatic heterocycles. The Morgan fingerprint density at radius 2 is 1.71 bits per heavy atom. The summed E-state index contributed by atoms with van der Waals surface area (Å²) in [5.41, 5.74) is 4.66. The third-order valence-electron chi connectivity index (χ3n) is 4.95. The maximum Gasteiger partial charge on any atom is 0.248 e. The molecule has 2 aromatic carbocycles. The highest BCUT2D eigenvalue weighted by molar-refractivity contribution is 7.93. The zero-order valence-corrected chi connectivity index (χ0v) is 17.1. The van der Waals surface area contributed by atoms with Gasteiger partial charge in [-0.05, 0) is 54.2 Å². The van der Waals surface area contributed by atoms with Crippen molar-refractivity contribution in [2.24, 2.45) is 0 Å². The van der Waals surface area contributed by atoms with Gasteiger partial charge in [-0.2, -0.15) is 0 Å². The van der Waals surface area contributed by atoms with Crippen molar-refractivity contribution in [2.75, 3.05) is 21.9 Å². The van der Waals surface area contributed by atoms with Crippen LogP contribution in [0, 0.1) is 0 Å². The molecular formula is C22H26N2O3S. The number of nitrogens with one attached hydrogen (secondary N) is 1. The van der Waals surface area contributed by atoms with E-state index >= 15 is 0 Å². The Labute approximate surface area is 167 Å². The zero-order chi connectivity index (χ0) is 20.1. The van der Waals surface area contributed by atoms with Crippen LogP contribution in [0.3, 0.4) is 0 Å². The van der Waals surface area contributed by atoms with Crippen LogP contribution in [0.25, 0.3) is 6.08 Å². The SMILES string of the molecule is CCc1cccc(CC)c1NC(=O)/C=C/c1ccc(N2CCCS2(=O)=O)cc1. The number of nitrogens with zero attached hydrogens (tertiary/aromatic N) is 1. The molecule has 1 fully saturated rings. The van der Waals surface area contributed by atoms with Gasteiger partial charge in [0.15, 0.2) is 0 Å². The quantitative estimate of drug-likeness (QED) is 0.748. The van der Waals surface area contributed by atoms with Gasteiger partial charge in [0.2, 0.25) is 15.9 Å². The summed E-state index contributed by atoms with van der Waals surface area (Å²) in [6, 6.07) is 13.3. The molecule has 0 unspecified atom stereocenters. The number of para-hydroxylation sites is 1. The Balaban J connectivity index is 1.70. The van der Waals surface area contributed by atoms with Gasteiger partial charge in [0.25, 0.3) is 0 Å². The molecule has 6 heteroatoms. The van der Waals surface area contributed by atoms with Gasteiger partial charge in [-0.25, -0.2) is 8.42 Å². The lowest BCUT2D eigenvalue weighted by atomic mass is 10.0. The van der Waals surface area contributed by atoms with Gasteiger partial charge in [0.05, 0.1) is 11.4 Å². The molecule has 1 amide bonds. The minimum absolute atomic E-state index is 0.179. The predicted molar refractivity (Wildman–Crippen MR) is 115 cm³/mol. The standard InChI is InChI=1S/C22H26N2O3S/c1-3-18-7-5-8-19(4-2)22(18)23-21(25)14-11-17-9-12-20(13-10-17)24-15-6-16-28(24,26)27/h5,7-14H,3-4,6,15-16H2,1-2H3,(H,23,25)/b14-11+. The number of hydrogen-bond donors (Lipinski definition) is 1. The molecule has 0 spiro atoms. The van der Waals surface area contributed by atoms with E-state index < -0.39 is 10.0 Å². The minimum atomic E-state index is -3.18. The molecule has 0 aromatic heterocycles. The Morgan fingerprint density at radius 3 is 2.25 bits per heavy atom. The van der Waals surface area contributed by atoms with Crippen LogP contribution >= 0.6 is 0 Å². The molecule has 5 nitrogen and oxygen atoms in total. The summed E-state index contributed by atoms with van der Waals surface area (Å²) in [6.45, 7) is 4.67.